The molecule has 36 heavy (non-hydrogen) atoms. The number of aryl methyl sites for hydroxylation is 3. The number of methoxy groups -OCH3 is 1. The maximum Gasteiger partial charge on any atom is 0.161 e. The molecule has 9 nitrogen and oxygen atoms in total. The number of rotatable bonds is 4. The van der Waals surface area contributed by atoms with Gasteiger partial charge in [0.1, 0.15) is 29.3 Å². The van der Waals surface area contributed by atoms with E-state index in [0.717, 1.165) is 73.2 Å². The molecule has 0 spiro atoms. The molecule has 2 aromatic carbocycles. The van der Waals surface area contributed by atoms with Gasteiger partial charge in [0.05, 0.1) is 29.4 Å². The van der Waals surface area contributed by atoms with E-state index in [2.05, 4.69) is 58.9 Å². The van der Waals surface area contributed by atoms with Gasteiger partial charge in [0, 0.05) is 28.9 Å². The van der Waals surface area contributed by atoms with Gasteiger partial charge in [-0.05, 0) is 44.0 Å². The van der Waals surface area contributed by atoms with Crippen LogP contribution in [0.25, 0.3) is 32.9 Å². The Morgan fingerprint density at radius 1 is 1.11 bits per heavy atom. The molecule has 184 valence electrons. The van der Waals surface area contributed by atoms with Crippen molar-refractivity contribution >= 4 is 39.3 Å². The van der Waals surface area contributed by atoms with Crippen molar-refractivity contribution in [3.05, 3.63) is 53.4 Å². The molecule has 0 aliphatic carbocycles. The molecule has 1 aliphatic heterocycles. The van der Waals surface area contributed by atoms with Crippen LogP contribution >= 0.6 is 0 Å². The molecule has 0 bridgehead atoms. The number of aromatic amines is 1. The molecule has 9 heteroatoms. The van der Waals surface area contributed by atoms with E-state index in [0.29, 0.717) is 0 Å². The van der Waals surface area contributed by atoms with Crippen molar-refractivity contribution in [1.29, 1.82) is 0 Å². The molecule has 0 radical (unpaired) electrons. The number of anilines is 2. The summed E-state index contributed by atoms with van der Waals surface area (Å²) in [6, 6.07) is 12.3. The fourth-order valence-electron chi connectivity index (χ4n) is 5.02. The molecule has 1 atom stereocenters. The molecular formula is C27H29N7O2. The number of amidine groups is 1. The first-order chi connectivity index (χ1) is 17.4. The summed E-state index contributed by atoms with van der Waals surface area (Å²) in [7, 11) is 3.63. The van der Waals surface area contributed by atoms with Crippen molar-refractivity contribution in [3.63, 3.8) is 0 Å². The number of para-hydroxylation sites is 1. The van der Waals surface area contributed by atoms with Gasteiger partial charge in [-0.3, -0.25) is 4.68 Å². The van der Waals surface area contributed by atoms with Gasteiger partial charge in [-0.25, -0.2) is 4.99 Å². The van der Waals surface area contributed by atoms with E-state index >= 15 is 0 Å². The number of nitrogens with zero attached hydrogens (tertiary/aromatic N) is 4. The largest absolute Gasteiger partial charge is 0.496 e. The standard InChI is InChI=1S/C27H29N7O2/c1-13(2)24-29-26-23(27(30-24)31-25-16-9-7-8-10-20(16)34(5)32-25)17-12-21(35-6)18(11-19(17)28-26)22-14(3)33-36-15(22)4/h7-13,24,28-29H,1-6H3,(H,30,31,32). The third-order valence-corrected chi connectivity index (χ3v) is 6.84. The lowest BCUT2D eigenvalue weighted by Gasteiger charge is -2.26. The molecule has 6 rings (SSSR count). The molecule has 0 fully saturated rings. The minimum Gasteiger partial charge on any atom is -0.496 e. The molecule has 3 N–H and O–H groups in total. The first kappa shape index (κ1) is 22.2. The smallest absolute Gasteiger partial charge is 0.161 e. The Kier molecular flexibility index (Phi) is 5.03. The summed E-state index contributed by atoms with van der Waals surface area (Å²) in [4.78, 5) is 8.66. The van der Waals surface area contributed by atoms with Crippen LogP contribution in [0, 0.1) is 19.8 Å². The van der Waals surface area contributed by atoms with Crippen molar-refractivity contribution in [2.45, 2.75) is 33.9 Å². The zero-order valence-electron chi connectivity index (χ0n) is 21.2. The number of aromatic nitrogens is 4. The Morgan fingerprint density at radius 3 is 2.64 bits per heavy atom. The van der Waals surface area contributed by atoms with Gasteiger partial charge in [-0.1, -0.05) is 31.1 Å². The maximum atomic E-state index is 5.84. The fourth-order valence-corrected chi connectivity index (χ4v) is 5.02. The van der Waals surface area contributed by atoms with E-state index < -0.39 is 0 Å². The molecule has 4 heterocycles. The highest BCUT2D eigenvalue weighted by Crippen LogP contribution is 2.41. The highest BCUT2D eigenvalue weighted by atomic mass is 16.5. The summed E-state index contributed by atoms with van der Waals surface area (Å²) >= 11 is 0. The SMILES string of the molecule is COc1cc2c3c([nH]c2cc1-c1c(C)noc1C)NC(C(C)C)N=C3Nc1nn(C)c2ccccc12. The molecule has 3 aromatic heterocycles. The normalized spacial score (nSPS) is 15.3. The predicted octanol–water partition coefficient (Wildman–Crippen LogP) is 5.60. The van der Waals surface area contributed by atoms with Crippen molar-refractivity contribution in [3.8, 4) is 16.9 Å². The number of hydrogen-bond donors (Lipinski definition) is 3. The van der Waals surface area contributed by atoms with Crippen LogP contribution in [-0.2, 0) is 7.05 Å². The average Bonchev–Trinajstić information content (AvgIpc) is 3.50. The second-order valence-electron chi connectivity index (χ2n) is 9.60. The highest BCUT2D eigenvalue weighted by molar-refractivity contribution is 6.22. The Balaban J connectivity index is 1.54. The topological polar surface area (TPSA) is 105 Å². The second kappa shape index (κ2) is 8.15. The number of hydrogen-bond acceptors (Lipinski definition) is 7. The zero-order chi connectivity index (χ0) is 25.1. The molecule has 0 amide bonds. The highest BCUT2D eigenvalue weighted by Gasteiger charge is 2.29. The predicted molar refractivity (Wildman–Crippen MR) is 143 cm³/mol. The van der Waals surface area contributed by atoms with Crippen molar-refractivity contribution < 1.29 is 9.26 Å². The van der Waals surface area contributed by atoms with Crippen LogP contribution in [0.1, 0.15) is 30.9 Å². The number of ether oxygens (including phenoxy) is 1. The lowest BCUT2D eigenvalue weighted by atomic mass is 9.99. The number of H-pyrrole nitrogens is 1. The van der Waals surface area contributed by atoms with Crippen LogP contribution in [0.4, 0.5) is 11.6 Å². The first-order valence-corrected chi connectivity index (χ1v) is 12.1. The number of benzene rings is 2. The Bertz CT molecular complexity index is 1630. The van der Waals surface area contributed by atoms with Crippen molar-refractivity contribution in [2.75, 3.05) is 17.7 Å². The maximum absolute atomic E-state index is 5.84. The molecule has 5 aromatic rings. The summed E-state index contributed by atoms with van der Waals surface area (Å²) in [5.74, 6) is 4.24. The minimum absolute atomic E-state index is 0.0908. The van der Waals surface area contributed by atoms with Crippen LogP contribution < -0.4 is 15.4 Å². The van der Waals surface area contributed by atoms with Gasteiger partial charge >= 0.3 is 0 Å². The monoisotopic (exact) mass is 483 g/mol. The third-order valence-electron chi connectivity index (χ3n) is 6.84. The molecule has 1 unspecified atom stereocenters. The van der Waals surface area contributed by atoms with Gasteiger partial charge in [-0.15, -0.1) is 0 Å². The van der Waals surface area contributed by atoms with Gasteiger partial charge in [0.15, 0.2) is 5.82 Å². The summed E-state index contributed by atoms with van der Waals surface area (Å²) in [6.07, 6.45) is -0.0908. The number of aliphatic imine (C=N–C) groups is 1. The van der Waals surface area contributed by atoms with Gasteiger partial charge < -0.3 is 24.9 Å². The Morgan fingerprint density at radius 2 is 1.92 bits per heavy atom. The number of fused-ring (bicyclic) bond motifs is 4. The lowest BCUT2D eigenvalue weighted by Crippen LogP contribution is -2.32. The molecular weight excluding hydrogens is 454 g/mol. The fraction of sp³-hybridized carbons (Fsp3) is 0.296. The minimum atomic E-state index is -0.0908. The molecule has 1 aliphatic rings. The van der Waals surface area contributed by atoms with E-state index in [1.807, 2.05) is 37.7 Å². The zero-order valence-corrected chi connectivity index (χ0v) is 21.2. The summed E-state index contributed by atoms with van der Waals surface area (Å²) < 4.78 is 13.2. The summed E-state index contributed by atoms with van der Waals surface area (Å²) in [5.41, 5.74) is 5.68. The Labute approximate surface area is 208 Å². The van der Waals surface area contributed by atoms with Gasteiger partial charge in [0.25, 0.3) is 0 Å². The van der Waals surface area contributed by atoms with Crippen LogP contribution in [0.3, 0.4) is 0 Å². The Hall–Kier alpha value is -4.27. The lowest BCUT2D eigenvalue weighted by molar-refractivity contribution is 0.393. The van der Waals surface area contributed by atoms with Crippen molar-refractivity contribution in [2.24, 2.45) is 18.0 Å². The van der Waals surface area contributed by atoms with Gasteiger partial charge in [-0.2, -0.15) is 5.10 Å². The van der Waals surface area contributed by atoms with Crippen LogP contribution in [0.5, 0.6) is 5.75 Å². The third kappa shape index (κ3) is 3.34. The van der Waals surface area contributed by atoms with E-state index in [1.54, 1.807) is 7.11 Å². The summed E-state index contributed by atoms with van der Waals surface area (Å²) in [6.45, 7) is 8.16. The quantitative estimate of drug-likeness (QED) is 0.307. The van der Waals surface area contributed by atoms with Crippen LogP contribution in [0.2, 0.25) is 0 Å². The number of nitrogens with one attached hydrogen (secondary N) is 3. The van der Waals surface area contributed by atoms with Crippen molar-refractivity contribution in [1.82, 2.24) is 19.9 Å². The van der Waals surface area contributed by atoms with E-state index in [9.17, 15) is 0 Å². The van der Waals surface area contributed by atoms with E-state index in [4.69, 9.17) is 19.4 Å². The first-order valence-electron chi connectivity index (χ1n) is 12.1. The second-order valence-corrected chi connectivity index (χ2v) is 9.60. The molecule has 0 saturated carbocycles. The van der Waals surface area contributed by atoms with Crippen LogP contribution in [0.15, 0.2) is 45.9 Å². The summed E-state index contributed by atoms with van der Waals surface area (Å²) in [5, 5.41) is 18.1. The average molecular weight is 484 g/mol. The van der Waals surface area contributed by atoms with Gasteiger partial charge in [0.2, 0.25) is 0 Å². The van der Waals surface area contributed by atoms with E-state index in [1.165, 1.54) is 0 Å². The molecule has 0 saturated heterocycles. The van der Waals surface area contributed by atoms with E-state index in [-0.39, 0.29) is 12.1 Å². The van der Waals surface area contributed by atoms with Crippen LogP contribution in [-0.4, -0.2) is 39.0 Å².